The molecule has 1 unspecified atom stereocenters. The molecule has 3 heteroatoms. The average molecular weight is 293 g/mol. The van der Waals surface area contributed by atoms with Crippen molar-refractivity contribution in [1.29, 1.82) is 0 Å². The maximum absolute atomic E-state index is 10.1. The molecule has 100 valence electrons. The zero-order valence-corrected chi connectivity index (χ0v) is 12.4. The molecule has 0 fully saturated rings. The molecule has 2 aromatic carbocycles. The van der Waals surface area contributed by atoms with E-state index in [9.17, 15) is 5.11 Å². The average Bonchev–Trinajstić information content (AvgIpc) is 2.40. The number of hydrogen-bond donors (Lipinski definition) is 1. The molecule has 0 aromatic heterocycles. The summed E-state index contributed by atoms with van der Waals surface area (Å²) < 4.78 is 0. The van der Waals surface area contributed by atoms with Gasteiger partial charge in [-0.3, -0.25) is 0 Å². The van der Waals surface area contributed by atoms with Crippen LogP contribution in [0.2, 0.25) is 5.02 Å². The predicted molar refractivity (Wildman–Crippen MR) is 83.1 cm³/mol. The molecule has 1 nitrogen and oxygen atoms in total. The van der Waals surface area contributed by atoms with Crippen molar-refractivity contribution in [3.63, 3.8) is 0 Å². The van der Waals surface area contributed by atoms with Crippen LogP contribution in [0, 0.1) is 6.92 Å². The molecule has 2 aromatic rings. The lowest BCUT2D eigenvalue weighted by atomic mass is 10.1. The van der Waals surface area contributed by atoms with E-state index in [2.05, 4.69) is 19.1 Å². The molecule has 0 amide bonds. The van der Waals surface area contributed by atoms with Crippen LogP contribution in [0.1, 0.15) is 11.1 Å². The molecule has 1 N–H and O–H groups in total. The Morgan fingerprint density at radius 2 is 1.79 bits per heavy atom. The standard InChI is InChI=1S/C16H17ClOS/c1-12-6-2-5-9-16(12)19-11-14(18)10-13-7-3-4-8-15(13)17/h2-9,14,18H,10-11H2,1H3. The van der Waals surface area contributed by atoms with Crippen molar-refractivity contribution in [3.8, 4) is 0 Å². The van der Waals surface area contributed by atoms with Crippen molar-refractivity contribution in [1.82, 2.24) is 0 Å². The Hall–Kier alpha value is -0.960. The van der Waals surface area contributed by atoms with Crippen molar-refractivity contribution in [2.75, 3.05) is 5.75 Å². The maximum Gasteiger partial charge on any atom is 0.0674 e. The van der Waals surface area contributed by atoms with E-state index in [1.54, 1.807) is 11.8 Å². The van der Waals surface area contributed by atoms with Crippen LogP contribution in [0.3, 0.4) is 0 Å². The van der Waals surface area contributed by atoms with E-state index in [1.807, 2.05) is 36.4 Å². The van der Waals surface area contributed by atoms with Crippen molar-refractivity contribution in [2.24, 2.45) is 0 Å². The first-order chi connectivity index (χ1) is 9.16. The SMILES string of the molecule is Cc1ccccc1SCC(O)Cc1ccccc1Cl. The van der Waals surface area contributed by atoms with Crippen molar-refractivity contribution in [3.05, 3.63) is 64.7 Å². The number of hydrogen-bond acceptors (Lipinski definition) is 2. The fourth-order valence-corrected chi connectivity index (χ4v) is 3.05. The molecule has 19 heavy (non-hydrogen) atoms. The van der Waals surface area contributed by atoms with Crippen LogP contribution < -0.4 is 0 Å². The highest BCUT2D eigenvalue weighted by Crippen LogP contribution is 2.24. The van der Waals surface area contributed by atoms with Gasteiger partial charge in [-0.2, -0.15) is 0 Å². The number of aliphatic hydroxyl groups is 1. The summed E-state index contributed by atoms with van der Waals surface area (Å²) in [7, 11) is 0. The third-order valence-corrected chi connectivity index (χ3v) is 4.63. The summed E-state index contributed by atoms with van der Waals surface area (Å²) >= 11 is 7.78. The first-order valence-electron chi connectivity index (χ1n) is 6.26. The quantitative estimate of drug-likeness (QED) is 0.827. The summed E-state index contributed by atoms with van der Waals surface area (Å²) in [6, 6.07) is 15.9. The van der Waals surface area contributed by atoms with Crippen LogP contribution in [-0.2, 0) is 6.42 Å². The second-order valence-corrected chi connectivity index (χ2v) is 5.99. The number of benzene rings is 2. The van der Waals surface area contributed by atoms with E-state index in [0.717, 1.165) is 10.6 Å². The summed E-state index contributed by atoms with van der Waals surface area (Å²) in [6.45, 7) is 2.09. The van der Waals surface area contributed by atoms with Gasteiger partial charge in [0.25, 0.3) is 0 Å². The topological polar surface area (TPSA) is 20.2 Å². The zero-order chi connectivity index (χ0) is 13.7. The third-order valence-electron chi connectivity index (χ3n) is 2.94. The van der Waals surface area contributed by atoms with E-state index in [0.29, 0.717) is 12.2 Å². The van der Waals surface area contributed by atoms with Crippen LogP contribution in [0.15, 0.2) is 53.4 Å². The highest BCUT2D eigenvalue weighted by atomic mass is 35.5. The van der Waals surface area contributed by atoms with Gasteiger partial charge in [0.15, 0.2) is 0 Å². The van der Waals surface area contributed by atoms with Crippen LogP contribution in [-0.4, -0.2) is 17.0 Å². The number of thioether (sulfide) groups is 1. The smallest absolute Gasteiger partial charge is 0.0674 e. The molecule has 0 saturated carbocycles. The van der Waals surface area contributed by atoms with Crippen molar-refractivity contribution >= 4 is 23.4 Å². The highest BCUT2D eigenvalue weighted by molar-refractivity contribution is 7.99. The first kappa shape index (κ1) is 14.4. The monoisotopic (exact) mass is 292 g/mol. The van der Waals surface area contributed by atoms with Crippen LogP contribution >= 0.6 is 23.4 Å². The lowest BCUT2D eigenvalue weighted by Gasteiger charge is -2.12. The minimum atomic E-state index is -0.385. The Balaban J connectivity index is 1.90. The second-order valence-electron chi connectivity index (χ2n) is 4.53. The molecular weight excluding hydrogens is 276 g/mol. The predicted octanol–water partition coefficient (Wildman–Crippen LogP) is 4.34. The largest absolute Gasteiger partial charge is 0.392 e. The first-order valence-corrected chi connectivity index (χ1v) is 7.63. The zero-order valence-electron chi connectivity index (χ0n) is 10.8. The number of halogens is 1. The van der Waals surface area contributed by atoms with Gasteiger partial charge >= 0.3 is 0 Å². The summed E-state index contributed by atoms with van der Waals surface area (Å²) in [4.78, 5) is 1.22. The molecule has 0 aliphatic carbocycles. The van der Waals surface area contributed by atoms with Gasteiger partial charge in [-0.05, 0) is 30.2 Å². The van der Waals surface area contributed by atoms with Gasteiger partial charge in [0.2, 0.25) is 0 Å². The van der Waals surface area contributed by atoms with Gasteiger partial charge in [-0.15, -0.1) is 11.8 Å². The van der Waals surface area contributed by atoms with E-state index < -0.39 is 0 Å². The molecule has 0 aliphatic heterocycles. The van der Waals surface area contributed by atoms with Gasteiger partial charge in [0.1, 0.15) is 0 Å². The lowest BCUT2D eigenvalue weighted by molar-refractivity contribution is 0.200. The molecule has 0 aliphatic rings. The van der Waals surface area contributed by atoms with Crippen LogP contribution in [0.4, 0.5) is 0 Å². The fourth-order valence-electron chi connectivity index (χ4n) is 1.88. The Kier molecular flexibility index (Phi) is 5.32. The Morgan fingerprint density at radius 1 is 1.11 bits per heavy atom. The summed E-state index contributed by atoms with van der Waals surface area (Å²) in [5.41, 5.74) is 2.25. The number of aliphatic hydroxyl groups excluding tert-OH is 1. The fraction of sp³-hybridized carbons (Fsp3) is 0.250. The van der Waals surface area contributed by atoms with Crippen molar-refractivity contribution in [2.45, 2.75) is 24.3 Å². The van der Waals surface area contributed by atoms with Crippen LogP contribution in [0.5, 0.6) is 0 Å². The third kappa shape index (κ3) is 4.27. The lowest BCUT2D eigenvalue weighted by Crippen LogP contribution is -2.13. The Labute approximate surface area is 123 Å². The molecule has 0 heterocycles. The highest BCUT2D eigenvalue weighted by Gasteiger charge is 2.09. The van der Waals surface area contributed by atoms with E-state index >= 15 is 0 Å². The second kappa shape index (κ2) is 6.99. The summed E-state index contributed by atoms with van der Waals surface area (Å²) in [6.07, 6.45) is 0.211. The molecule has 0 saturated heterocycles. The molecule has 0 bridgehead atoms. The van der Waals surface area contributed by atoms with Gasteiger partial charge < -0.3 is 5.11 Å². The minimum Gasteiger partial charge on any atom is -0.392 e. The number of aryl methyl sites for hydroxylation is 1. The molecular formula is C16H17ClOS. The Bertz CT molecular complexity index is 542. The summed E-state index contributed by atoms with van der Waals surface area (Å²) in [5, 5.41) is 10.8. The number of rotatable bonds is 5. The van der Waals surface area contributed by atoms with Gasteiger partial charge in [0, 0.05) is 22.1 Å². The maximum atomic E-state index is 10.1. The Morgan fingerprint density at radius 3 is 2.53 bits per heavy atom. The van der Waals surface area contributed by atoms with Crippen molar-refractivity contribution < 1.29 is 5.11 Å². The van der Waals surface area contributed by atoms with E-state index in [4.69, 9.17) is 11.6 Å². The van der Waals surface area contributed by atoms with Gasteiger partial charge in [-0.25, -0.2) is 0 Å². The van der Waals surface area contributed by atoms with E-state index in [1.165, 1.54) is 10.5 Å². The normalized spacial score (nSPS) is 12.4. The van der Waals surface area contributed by atoms with E-state index in [-0.39, 0.29) is 6.10 Å². The molecule has 0 radical (unpaired) electrons. The summed E-state index contributed by atoms with van der Waals surface area (Å²) in [5.74, 6) is 0.677. The van der Waals surface area contributed by atoms with Gasteiger partial charge in [-0.1, -0.05) is 48.0 Å². The molecule has 0 spiro atoms. The van der Waals surface area contributed by atoms with Gasteiger partial charge in [0.05, 0.1) is 6.10 Å². The molecule has 2 rings (SSSR count). The molecule has 1 atom stereocenters. The van der Waals surface area contributed by atoms with Crippen LogP contribution in [0.25, 0.3) is 0 Å². The minimum absolute atomic E-state index is 0.385.